The Morgan fingerprint density at radius 3 is 2.95 bits per heavy atom. The summed E-state index contributed by atoms with van der Waals surface area (Å²) in [4.78, 5) is 25.0. The van der Waals surface area contributed by atoms with E-state index < -0.39 is 29.5 Å². The molecule has 1 aliphatic rings. The summed E-state index contributed by atoms with van der Waals surface area (Å²) in [5.41, 5.74) is -2.25. The van der Waals surface area contributed by atoms with E-state index in [9.17, 15) is 19.8 Å². The van der Waals surface area contributed by atoms with E-state index in [2.05, 4.69) is 4.98 Å². The van der Waals surface area contributed by atoms with Crippen molar-refractivity contribution in [2.24, 2.45) is 5.92 Å². The molecule has 8 nitrogen and oxygen atoms in total. The molecule has 3 N–H and O–H groups in total. The lowest BCUT2D eigenvalue weighted by Gasteiger charge is -2.28. The largest absolute Gasteiger partial charge is 0.463 e. The first-order valence-electron chi connectivity index (χ1n) is 6.77. The summed E-state index contributed by atoms with van der Waals surface area (Å²) >= 11 is 4.98. The zero-order valence-corrected chi connectivity index (χ0v) is 13.0. The second kappa shape index (κ2) is 6.29. The number of hydrogen-bond donors (Lipinski definition) is 3. The van der Waals surface area contributed by atoms with E-state index in [-0.39, 0.29) is 23.9 Å². The molecular formula is C13H18N2O6S. The number of aromatic nitrogens is 2. The number of carbonyl (C=O) groups is 1. The lowest BCUT2D eigenvalue weighted by molar-refractivity contribution is -0.153. The summed E-state index contributed by atoms with van der Waals surface area (Å²) in [5, 5.41) is 20.9. The molecule has 1 aliphatic heterocycles. The average Bonchev–Trinajstić information content (AvgIpc) is 2.73. The molecule has 1 aromatic rings. The SMILES string of the molecule is CC(C)C(=O)OCC1OC[C@](O)(n2ccc(=O)[nH]c2=S)[C@@H]1O. The molecule has 0 spiro atoms. The van der Waals surface area contributed by atoms with Crippen LogP contribution in [0.5, 0.6) is 0 Å². The van der Waals surface area contributed by atoms with Crippen molar-refractivity contribution < 1.29 is 24.5 Å². The van der Waals surface area contributed by atoms with E-state index in [1.54, 1.807) is 13.8 Å². The number of aromatic amines is 1. The zero-order chi connectivity index (χ0) is 16.5. The maximum Gasteiger partial charge on any atom is 0.308 e. The number of nitrogens with one attached hydrogen (secondary N) is 1. The van der Waals surface area contributed by atoms with Gasteiger partial charge in [0.2, 0.25) is 0 Å². The van der Waals surface area contributed by atoms with Gasteiger partial charge in [0, 0.05) is 12.3 Å². The average molecular weight is 330 g/mol. The number of carbonyl (C=O) groups excluding carboxylic acids is 1. The first-order chi connectivity index (χ1) is 10.3. The van der Waals surface area contributed by atoms with Crippen molar-refractivity contribution in [1.29, 1.82) is 0 Å². The minimum atomic E-state index is -1.84. The molecule has 0 aromatic carbocycles. The first kappa shape index (κ1) is 16.8. The van der Waals surface area contributed by atoms with Crippen molar-refractivity contribution in [3.8, 4) is 0 Å². The highest BCUT2D eigenvalue weighted by atomic mass is 32.1. The Kier molecular flexibility index (Phi) is 4.81. The predicted octanol–water partition coefficient (Wildman–Crippen LogP) is -0.490. The predicted molar refractivity (Wildman–Crippen MR) is 77.6 cm³/mol. The minimum absolute atomic E-state index is 0.0440. The number of H-pyrrole nitrogens is 1. The van der Waals surface area contributed by atoms with E-state index in [4.69, 9.17) is 21.7 Å². The molecule has 1 saturated heterocycles. The normalized spacial score (nSPS) is 28.0. The van der Waals surface area contributed by atoms with Crippen LogP contribution in [0.3, 0.4) is 0 Å². The fourth-order valence-corrected chi connectivity index (χ4v) is 2.43. The van der Waals surface area contributed by atoms with Crippen LogP contribution in [0, 0.1) is 10.7 Å². The summed E-state index contributed by atoms with van der Waals surface area (Å²) in [6.45, 7) is 2.93. The molecule has 1 fully saturated rings. The zero-order valence-electron chi connectivity index (χ0n) is 12.2. The third-order valence-electron chi connectivity index (χ3n) is 3.44. The third kappa shape index (κ3) is 3.12. The van der Waals surface area contributed by atoms with Gasteiger partial charge in [-0.3, -0.25) is 19.1 Å². The van der Waals surface area contributed by atoms with Crippen LogP contribution in [0.25, 0.3) is 0 Å². The topological polar surface area (TPSA) is 114 Å². The van der Waals surface area contributed by atoms with Gasteiger partial charge in [-0.05, 0) is 12.2 Å². The maximum atomic E-state index is 11.4. The van der Waals surface area contributed by atoms with Gasteiger partial charge in [0.1, 0.15) is 18.8 Å². The highest BCUT2D eigenvalue weighted by Gasteiger charge is 2.50. The smallest absolute Gasteiger partial charge is 0.308 e. The van der Waals surface area contributed by atoms with Gasteiger partial charge in [0.05, 0.1) is 12.5 Å². The van der Waals surface area contributed by atoms with Gasteiger partial charge < -0.3 is 19.7 Å². The fraction of sp³-hybridized carbons (Fsp3) is 0.615. The number of esters is 1. The van der Waals surface area contributed by atoms with E-state index in [0.29, 0.717) is 0 Å². The van der Waals surface area contributed by atoms with Crippen LogP contribution in [0.4, 0.5) is 0 Å². The minimum Gasteiger partial charge on any atom is -0.463 e. The summed E-state index contributed by atoms with van der Waals surface area (Å²) in [7, 11) is 0. The molecule has 0 amide bonds. The number of aliphatic hydroxyl groups is 2. The van der Waals surface area contributed by atoms with Gasteiger partial charge >= 0.3 is 5.97 Å². The van der Waals surface area contributed by atoms with Gasteiger partial charge in [-0.15, -0.1) is 0 Å². The molecule has 9 heteroatoms. The third-order valence-corrected chi connectivity index (χ3v) is 3.74. The number of aliphatic hydroxyl groups excluding tert-OH is 1. The monoisotopic (exact) mass is 330 g/mol. The van der Waals surface area contributed by atoms with E-state index in [1.807, 2.05) is 0 Å². The quantitative estimate of drug-likeness (QED) is 0.504. The molecule has 1 aromatic heterocycles. The van der Waals surface area contributed by atoms with Gasteiger partial charge in [-0.25, -0.2) is 0 Å². The number of rotatable bonds is 4. The van der Waals surface area contributed by atoms with Crippen LogP contribution in [0.1, 0.15) is 13.8 Å². The molecule has 22 heavy (non-hydrogen) atoms. The van der Waals surface area contributed by atoms with Crippen molar-refractivity contribution in [2.45, 2.75) is 31.8 Å². The van der Waals surface area contributed by atoms with Crippen LogP contribution in [0.2, 0.25) is 0 Å². The molecule has 0 saturated carbocycles. The highest BCUT2D eigenvalue weighted by Crippen LogP contribution is 2.29. The molecule has 0 bridgehead atoms. The Labute approximate surface area is 131 Å². The van der Waals surface area contributed by atoms with Crippen molar-refractivity contribution >= 4 is 18.2 Å². The van der Waals surface area contributed by atoms with Crippen molar-refractivity contribution in [2.75, 3.05) is 13.2 Å². The Balaban J connectivity index is 2.15. The maximum absolute atomic E-state index is 11.4. The number of ether oxygens (including phenoxy) is 2. The first-order valence-corrected chi connectivity index (χ1v) is 7.17. The van der Waals surface area contributed by atoms with Gasteiger partial charge in [-0.2, -0.15) is 0 Å². The van der Waals surface area contributed by atoms with Gasteiger partial charge in [0.15, 0.2) is 10.5 Å². The van der Waals surface area contributed by atoms with Crippen molar-refractivity contribution in [1.82, 2.24) is 9.55 Å². The fourth-order valence-electron chi connectivity index (χ4n) is 2.11. The Morgan fingerprint density at radius 2 is 2.36 bits per heavy atom. The number of hydrogen-bond acceptors (Lipinski definition) is 7. The lowest BCUT2D eigenvalue weighted by atomic mass is 10.1. The van der Waals surface area contributed by atoms with Crippen LogP contribution >= 0.6 is 12.2 Å². The Hall–Kier alpha value is -1.55. The van der Waals surface area contributed by atoms with Crippen LogP contribution in [-0.4, -0.2) is 51.2 Å². The second-order valence-corrected chi connectivity index (χ2v) is 5.82. The summed E-state index contributed by atoms with van der Waals surface area (Å²) in [5.74, 6) is -0.725. The highest BCUT2D eigenvalue weighted by molar-refractivity contribution is 7.71. The van der Waals surface area contributed by atoms with E-state index in [1.165, 1.54) is 12.3 Å². The molecule has 3 atom stereocenters. The Bertz CT molecular complexity index is 669. The molecular weight excluding hydrogens is 312 g/mol. The summed E-state index contributed by atoms with van der Waals surface area (Å²) in [6, 6.07) is 1.17. The van der Waals surface area contributed by atoms with E-state index in [0.717, 1.165) is 4.57 Å². The van der Waals surface area contributed by atoms with Crippen LogP contribution < -0.4 is 5.56 Å². The van der Waals surface area contributed by atoms with Gasteiger partial charge in [-0.1, -0.05) is 13.8 Å². The molecule has 122 valence electrons. The number of nitrogens with zero attached hydrogens (tertiary/aromatic N) is 1. The van der Waals surface area contributed by atoms with E-state index >= 15 is 0 Å². The lowest BCUT2D eigenvalue weighted by Crippen LogP contribution is -2.48. The molecule has 2 heterocycles. The molecule has 1 unspecified atom stereocenters. The van der Waals surface area contributed by atoms with Crippen LogP contribution in [-0.2, 0) is 20.0 Å². The second-order valence-electron chi connectivity index (χ2n) is 5.44. The van der Waals surface area contributed by atoms with Crippen LogP contribution in [0.15, 0.2) is 17.1 Å². The Morgan fingerprint density at radius 1 is 1.68 bits per heavy atom. The molecule has 0 aliphatic carbocycles. The summed E-state index contributed by atoms with van der Waals surface area (Å²) < 4.78 is 11.4. The van der Waals surface area contributed by atoms with Gasteiger partial charge in [0.25, 0.3) is 5.56 Å². The van der Waals surface area contributed by atoms with Crippen molar-refractivity contribution in [3.63, 3.8) is 0 Å². The standard InChI is InChI=1S/C13H18N2O6S/c1-7(2)11(18)20-5-8-10(17)13(19,6-21-8)15-4-3-9(16)14-12(15)22/h3-4,7-8,10,17,19H,5-6H2,1-2H3,(H,14,16,22)/t8?,10-,13-/m1/s1. The molecule has 0 radical (unpaired) electrons. The molecule has 2 rings (SSSR count). The van der Waals surface area contributed by atoms with Crippen molar-refractivity contribution in [3.05, 3.63) is 27.4 Å². The summed E-state index contributed by atoms with van der Waals surface area (Å²) in [6.07, 6.45) is -0.984.